The first-order chi connectivity index (χ1) is 5.77. The summed E-state index contributed by atoms with van der Waals surface area (Å²) in [6.07, 6.45) is 0.508. The number of ether oxygens (including phenoxy) is 1. The molecule has 12 heavy (non-hydrogen) atoms. The maximum atomic E-state index is 10.8. The molecule has 1 atom stereocenters. The Morgan fingerprint density at radius 3 is 3.33 bits per heavy atom. The number of nitriles is 1. The maximum Gasteiger partial charge on any atom is 0.310 e. The van der Waals surface area contributed by atoms with Crippen molar-refractivity contribution >= 4 is 12.3 Å². The van der Waals surface area contributed by atoms with Gasteiger partial charge in [-0.3, -0.25) is 9.79 Å². The van der Waals surface area contributed by atoms with Crippen molar-refractivity contribution in [1.82, 2.24) is 5.01 Å². The van der Waals surface area contributed by atoms with Crippen molar-refractivity contribution in [1.29, 1.82) is 5.26 Å². The van der Waals surface area contributed by atoms with Crippen LogP contribution in [0.1, 0.15) is 0 Å². The van der Waals surface area contributed by atoms with E-state index in [4.69, 9.17) is 5.26 Å². The van der Waals surface area contributed by atoms with Gasteiger partial charge in [-0.1, -0.05) is 0 Å². The van der Waals surface area contributed by atoms with Crippen molar-refractivity contribution in [3.63, 3.8) is 0 Å². The standard InChI is InChI=1S/C6H7N4O2/c1-12-6(11)5-8-4-10(9-5)3-2-7/h4-5H,3H2,1H3/q-1. The third kappa shape index (κ3) is 1.71. The van der Waals surface area contributed by atoms with E-state index in [1.807, 2.05) is 6.07 Å². The van der Waals surface area contributed by atoms with Crippen molar-refractivity contribution in [3.05, 3.63) is 5.43 Å². The zero-order valence-corrected chi connectivity index (χ0v) is 6.47. The van der Waals surface area contributed by atoms with Gasteiger partial charge in [-0.05, 0) is 0 Å². The van der Waals surface area contributed by atoms with E-state index in [0.717, 1.165) is 0 Å². The topological polar surface area (TPSA) is 79.8 Å². The minimum Gasteiger partial charge on any atom is -0.535 e. The predicted octanol–water partition coefficient (Wildman–Crippen LogP) is -0.358. The minimum atomic E-state index is -0.830. The number of hydrogen-bond acceptors (Lipinski definition) is 5. The first kappa shape index (κ1) is 8.49. The van der Waals surface area contributed by atoms with Crippen molar-refractivity contribution in [2.75, 3.05) is 13.7 Å². The second-order valence-electron chi connectivity index (χ2n) is 2.03. The summed E-state index contributed by atoms with van der Waals surface area (Å²) in [5, 5.41) is 9.57. The highest BCUT2D eigenvalue weighted by atomic mass is 16.5. The van der Waals surface area contributed by atoms with E-state index in [-0.39, 0.29) is 6.54 Å². The molecule has 0 radical (unpaired) electrons. The van der Waals surface area contributed by atoms with Gasteiger partial charge >= 0.3 is 5.97 Å². The molecule has 0 aromatic rings. The average Bonchev–Trinajstić information content (AvgIpc) is 2.52. The lowest BCUT2D eigenvalue weighted by molar-refractivity contribution is -0.141. The molecular weight excluding hydrogens is 160 g/mol. The van der Waals surface area contributed by atoms with Crippen LogP contribution < -0.4 is 0 Å². The van der Waals surface area contributed by atoms with E-state index in [9.17, 15) is 4.79 Å². The highest BCUT2D eigenvalue weighted by molar-refractivity contribution is 5.82. The molecule has 0 aromatic carbocycles. The molecule has 1 aliphatic rings. The van der Waals surface area contributed by atoms with Gasteiger partial charge in [-0.15, -0.1) is 0 Å². The second-order valence-corrected chi connectivity index (χ2v) is 2.03. The van der Waals surface area contributed by atoms with Crippen LogP contribution in [0.15, 0.2) is 4.99 Å². The monoisotopic (exact) mass is 167 g/mol. The number of aliphatic imine (C=N–C) groups is 1. The van der Waals surface area contributed by atoms with Crippen LogP contribution in [0.3, 0.4) is 0 Å². The molecule has 1 aliphatic heterocycles. The van der Waals surface area contributed by atoms with Gasteiger partial charge in [0.1, 0.15) is 0 Å². The molecular formula is C6H7N4O2-. The molecule has 0 fully saturated rings. The molecule has 0 N–H and O–H groups in total. The number of esters is 1. The molecule has 0 saturated heterocycles. The molecule has 0 spiro atoms. The summed E-state index contributed by atoms with van der Waals surface area (Å²) in [7, 11) is 1.26. The Bertz CT molecular complexity index is 244. The van der Waals surface area contributed by atoms with Crippen molar-refractivity contribution in [2.24, 2.45) is 4.99 Å². The minimum absolute atomic E-state index is 0.0942. The van der Waals surface area contributed by atoms with Crippen LogP contribution in [0.4, 0.5) is 0 Å². The predicted molar refractivity (Wildman–Crippen MR) is 40.0 cm³/mol. The molecule has 0 aromatic heterocycles. The smallest absolute Gasteiger partial charge is 0.310 e. The Labute approximate surface area is 69.4 Å². The number of hydrogen-bond donors (Lipinski definition) is 0. The summed E-state index contributed by atoms with van der Waals surface area (Å²) >= 11 is 0. The molecule has 0 saturated carbocycles. The van der Waals surface area contributed by atoms with Crippen LogP contribution in [-0.2, 0) is 9.53 Å². The second kappa shape index (κ2) is 3.69. The fourth-order valence-corrected chi connectivity index (χ4v) is 0.708. The van der Waals surface area contributed by atoms with Gasteiger partial charge in [0.15, 0.2) is 0 Å². The summed E-state index contributed by atoms with van der Waals surface area (Å²) in [5.41, 5.74) is 3.76. The van der Waals surface area contributed by atoms with E-state index in [1.165, 1.54) is 18.5 Å². The lowest BCUT2D eigenvalue weighted by atomic mass is 10.5. The molecule has 64 valence electrons. The zero-order valence-electron chi connectivity index (χ0n) is 6.47. The fraction of sp³-hybridized carbons (Fsp3) is 0.500. The number of methoxy groups -OCH3 is 1. The number of nitrogens with zero attached hydrogens (tertiary/aromatic N) is 4. The van der Waals surface area contributed by atoms with Crippen LogP contribution in [0.5, 0.6) is 0 Å². The molecule has 0 aliphatic carbocycles. The zero-order chi connectivity index (χ0) is 8.97. The van der Waals surface area contributed by atoms with E-state index in [2.05, 4.69) is 15.2 Å². The average molecular weight is 167 g/mol. The third-order valence-corrected chi connectivity index (χ3v) is 1.24. The Morgan fingerprint density at radius 2 is 2.75 bits per heavy atom. The summed E-state index contributed by atoms with van der Waals surface area (Å²) in [5.74, 6) is -0.522. The quantitative estimate of drug-likeness (QED) is 0.415. The molecule has 0 amide bonds. The van der Waals surface area contributed by atoms with Gasteiger partial charge in [-0.2, -0.15) is 5.26 Å². The van der Waals surface area contributed by atoms with E-state index < -0.39 is 12.1 Å². The number of carbonyl (C=O) groups is 1. The molecule has 1 unspecified atom stereocenters. The SMILES string of the molecule is COC(=O)C1N=CN(CC#N)[N-]1. The first-order valence-electron chi connectivity index (χ1n) is 3.23. The molecule has 0 bridgehead atoms. The Balaban J connectivity index is 2.43. The Hall–Kier alpha value is -1.61. The maximum absolute atomic E-state index is 10.8. The van der Waals surface area contributed by atoms with Gasteiger partial charge < -0.3 is 15.2 Å². The van der Waals surface area contributed by atoms with E-state index in [1.54, 1.807) is 0 Å². The molecule has 6 nitrogen and oxygen atoms in total. The van der Waals surface area contributed by atoms with Gasteiger partial charge in [0.25, 0.3) is 0 Å². The molecule has 1 rings (SSSR count). The van der Waals surface area contributed by atoms with Crippen molar-refractivity contribution in [3.8, 4) is 6.07 Å². The van der Waals surface area contributed by atoms with E-state index >= 15 is 0 Å². The highest BCUT2D eigenvalue weighted by Crippen LogP contribution is 2.13. The van der Waals surface area contributed by atoms with Crippen LogP contribution >= 0.6 is 0 Å². The van der Waals surface area contributed by atoms with Crippen LogP contribution in [0.25, 0.3) is 5.43 Å². The summed E-state index contributed by atoms with van der Waals surface area (Å²) in [6.45, 7) is 0.0942. The van der Waals surface area contributed by atoms with E-state index in [0.29, 0.717) is 0 Å². The summed E-state index contributed by atoms with van der Waals surface area (Å²) < 4.78 is 4.40. The van der Waals surface area contributed by atoms with Gasteiger partial charge in [0.05, 0.1) is 32.2 Å². The lowest BCUT2D eigenvalue weighted by Gasteiger charge is -2.28. The summed E-state index contributed by atoms with van der Waals surface area (Å²) in [4.78, 5) is 14.5. The first-order valence-corrected chi connectivity index (χ1v) is 3.23. The van der Waals surface area contributed by atoms with Crippen LogP contribution in [0.2, 0.25) is 0 Å². The normalized spacial score (nSPS) is 20.7. The largest absolute Gasteiger partial charge is 0.535 e. The van der Waals surface area contributed by atoms with Crippen molar-refractivity contribution < 1.29 is 9.53 Å². The van der Waals surface area contributed by atoms with Gasteiger partial charge in [-0.25, -0.2) is 0 Å². The van der Waals surface area contributed by atoms with Gasteiger partial charge in [0, 0.05) is 0 Å². The number of carbonyl (C=O) groups excluding carboxylic acids is 1. The molecule has 6 heteroatoms. The molecule has 1 heterocycles. The third-order valence-electron chi connectivity index (χ3n) is 1.24. The Kier molecular flexibility index (Phi) is 2.61. The fourth-order valence-electron chi connectivity index (χ4n) is 0.708. The van der Waals surface area contributed by atoms with Crippen LogP contribution in [0, 0.1) is 11.3 Å². The van der Waals surface area contributed by atoms with Crippen molar-refractivity contribution in [2.45, 2.75) is 6.17 Å². The lowest BCUT2D eigenvalue weighted by Crippen LogP contribution is -2.21. The highest BCUT2D eigenvalue weighted by Gasteiger charge is 2.12. The van der Waals surface area contributed by atoms with Crippen LogP contribution in [-0.4, -0.2) is 37.1 Å². The number of rotatable bonds is 2. The van der Waals surface area contributed by atoms with Gasteiger partial charge in [0.2, 0.25) is 0 Å². The Morgan fingerprint density at radius 1 is 2.00 bits per heavy atom. The summed E-state index contributed by atoms with van der Waals surface area (Å²) in [6, 6.07) is 1.88.